The van der Waals surface area contributed by atoms with Gasteiger partial charge in [0.05, 0.1) is 11.7 Å². The standard InChI is InChI=1S/C19H37NO/c1-16-10-9-13-19(14-16,15-20-18(2,3)4)21-17-11-7-5-6-8-12-17/h16-17,20H,5-15H2,1-4H3. The van der Waals surface area contributed by atoms with Crippen LogP contribution in [0.25, 0.3) is 0 Å². The van der Waals surface area contributed by atoms with Gasteiger partial charge in [0, 0.05) is 12.1 Å². The molecule has 2 rings (SSSR count). The summed E-state index contributed by atoms with van der Waals surface area (Å²) in [5.74, 6) is 0.811. The molecule has 0 aromatic heterocycles. The Morgan fingerprint density at radius 2 is 1.67 bits per heavy atom. The minimum Gasteiger partial charge on any atom is -0.370 e. The molecule has 2 fully saturated rings. The van der Waals surface area contributed by atoms with Crippen molar-refractivity contribution in [2.45, 2.75) is 109 Å². The molecule has 2 saturated carbocycles. The molecular formula is C19H37NO. The lowest BCUT2D eigenvalue weighted by Crippen LogP contribution is -2.52. The highest BCUT2D eigenvalue weighted by Crippen LogP contribution is 2.38. The molecule has 2 heteroatoms. The zero-order chi connectivity index (χ0) is 15.3. The van der Waals surface area contributed by atoms with E-state index in [9.17, 15) is 0 Å². The average Bonchev–Trinajstić information content (AvgIpc) is 2.64. The van der Waals surface area contributed by atoms with Gasteiger partial charge in [0.1, 0.15) is 0 Å². The van der Waals surface area contributed by atoms with E-state index in [1.807, 2.05) is 0 Å². The molecule has 0 aromatic rings. The predicted octanol–water partition coefficient (Wildman–Crippen LogP) is 5.06. The smallest absolute Gasteiger partial charge is 0.0812 e. The van der Waals surface area contributed by atoms with E-state index in [1.165, 1.54) is 64.2 Å². The fourth-order valence-corrected chi connectivity index (χ4v) is 4.06. The molecule has 0 amide bonds. The van der Waals surface area contributed by atoms with Crippen LogP contribution in [0.5, 0.6) is 0 Å². The topological polar surface area (TPSA) is 21.3 Å². The van der Waals surface area contributed by atoms with Gasteiger partial charge in [0.2, 0.25) is 0 Å². The molecule has 1 N–H and O–H groups in total. The fourth-order valence-electron chi connectivity index (χ4n) is 4.06. The van der Waals surface area contributed by atoms with E-state index in [2.05, 4.69) is 33.0 Å². The van der Waals surface area contributed by atoms with Crippen LogP contribution in [0.1, 0.15) is 91.9 Å². The van der Waals surface area contributed by atoms with Crippen LogP contribution in [0.4, 0.5) is 0 Å². The Labute approximate surface area is 132 Å². The molecule has 0 spiro atoms. The van der Waals surface area contributed by atoms with Crippen LogP contribution in [0.2, 0.25) is 0 Å². The summed E-state index contributed by atoms with van der Waals surface area (Å²) >= 11 is 0. The molecule has 2 aliphatic carbocycles. The average molecular weight is 296 g/mol. The molecule has 124 valence electrons. The van der Waals surface area contributed by atoms with E-state index >= 15 is 0 Å². The van der Waals surface area contributed by atoms with E-state index < -0.39 is 0 Å². The summed E-state index contributed by atoms with van der Waals surface area (Å²) in [4.78, 5) is 0. The van der Waals surface area contributed by atoms with E-state index in [1.54, 1.807) is 0 Å². The van der Waals surface area contributed by atoms with Crippen LogP contribution in [-0.2, 0) is 4.74 Å². The first-order valence-electron chi connectivity index (χ1n) is 9.31. The van der Waals surface area contributed by atoms with Gasteiger partial charge in [-0.25, -0.2) is 0 Å². The lowest BCUT2D eigenvalue weighted by Gasteiger charge is -2.44. The molecule has 2 aliphatic rings. The molecule has 0 saturated heterocycles. The van der Waals surface area contributed by atoms with Crippen molar-refractivity contribution in [3.8, 4) is 0 Å². The summed E-state index contributed by atoms with van der Waals surface area (Å²) in [5.41, 5.74) is 0.278. The molecule has 0 aromatic carbocycles. The molecule has 0 bridgehead atoms. The summed E-state index contributed by atoms with van der Waals surface area (Å²) in [7, 11) is 0. The molecule has 21 heavy (non-hydrogen) atoms. The summed E-state index contributed by atoms with van der Waals surface area (Å²) in [6, 6.07) is 0. The summed E-state index contributed by atoms with van der Waals surface area (Å²) in [6.45, 7) is 10.2. The van der Waals surface area contributed by atoms with Crippen molar-refractivity contribution >= 4 is 0 Å². The predicted molar refractivity (Wildman–Crippen MR) is 90.7 cm³/mol. The van der Waals surface area contributed by atoms with Crippen LogP contribution in [0.3, 0.4) is 0 Å². The zero-order valence-corrected chi connectivity index (χ0v) is 14.8. The lowest BCUT2D eigenvalue weighted by atomic mass is 9.78. The molecule has 2 nitrogen and oxygen atoms in total. The summed E-state index contributed by atoms with van der Waals surface area (Å²) in [6.07, 6.45) is 13.8. The molecule has 0 heterocycles. The van der Waals surface area contributed by atoms with E-state index in [0.29, 0.717) is 6.10 Å². The second-order valence-corrected chi connectivity index (χ2v) is 8.72. The Morgan fingerprint density at radius 1 is 1.00 bits per heavy atom. The van der Waals surface area contributed by atoms with Crippen molar-refractivity contribution < 1.29 is 4.74 Å². The highest BCUT2D eigenvalue weighted by molar-refractivity contribution is 4.92. The zero-order valence-electron chi connectivity index (χ0n) is 14.8. The van der Waals surface area contributed by atoms with Crippen molar-refractivity contribution in [1.29, 1.82) is 0 Å². The molecule has 0 aliphatic heterocycles. The third kappa shape index (κ3) is 5.90. The van der Waals surface area contributed by atoms with Crippen molar-refractivity contribution in [3.63, 3.8) is 0 Å². The largest absolute Gasteiger partial charge is 0.370 e. The highest BCUT2D eigenvalue weighted by Gasteiger charge is 2.38. The van der Waals surface area contributed by atoms with Gasteiger partial charge < -0.3 is 10.1 Å². The van der Waals surface area contributed by atoms with Crippen LogP contribution < -0.4 is 5.32 Å². The quantitative estimate of drug-likeness (QED) is 0.732. The number of ether oxygens (including phenoxy) is 1. The second kappa shape index (κ2) is 7.46. The number of rotatable bonds is 4. The van der Waals surface area contributed by atoms with Gasteiger partial charge in [-0.3, -0.25) is 0 Å². The Hall–Kier alpha value is -0.0800. The van der Waals surface area contributed by atoms with Gasteiger partial charge in [-0.15, -0.1) is 0 Å². The van der Waals surface area contributed by atoms with Gasteiger partial charge in [-0.05, 0) is 52.4 Å². The lowest BCUT2D eigenvalue weighted by molar-refractivity contribution is -0.126. The van der Waals surface area contributed by atoms with Gasteiger partial charge >= 0.3 is 0 Å². The first kappa shape index (κ1) is 17.3. The number of hydrogen-bond acceptors (Lipinski definition) is 2. The van der Waals surface area contributed by atoms with Crippen molar-refractivity contribution in [2.24, 2.45) is 5.92 Å². The normalized spacial score (nSPS) is 32.9. The molecule has 2 atom stereocenters. The van der Waals surface area contributed by atoms with Gasteiger partial charge in [-0.1, -0.05) is 45.4 Å². The van der Waals surface area contributed by atoms with Crippen molar-refractivity contribution in [3.05, 3.63) is 0 Å². The van der Waals surface area contributed by atoms with Crippen LogP contribution >= 0.6 is 0 Å². The van der Waals surface area contributed by atoms with Crippen LogP contribution in [-0.4, -0.2) is 23.8 Å². The van der Waals surface area contributed by atoms with Crippen LogP contribution in [0, 0.1) is 5.92 Å². The van der Waals surface area contributed by atoms with Crippen molar-refractivity contribution in [1.82, 2.24) is 5.32 Å². The van der Waals surface area contributed by atoms with Gasteiger partial charge in [0.25, 0.3) is 0 Å². The highest BCUT2D eigenvalue weighted by atomic mass is 16.5. The van der Waals surface area contributed by atoms with E-state index in [4.69, 9.17) is 4.74 Å². The van der Waals surface area contributed by atoms with Crippen LogP contribution in [0.15, 0.2) is 0 Å². The number of hydrogen-bond donors (Lipinski definition) is 1. The minimum atomic E-state index is 0.0972. The maximum absolute atomic E-state index is 6.80. The molecular weight excluding hydrogens is 258 g/mol. The Bertz CT molecular complexity index is 301. The van der Waals surface area contributed by atoms with E-state index in [0.717, 1.165) is 12.5 Å². The minimum absolute atomic E-state index is 0.0972. The fraction of sp³-hybridized carbons (Fsp3) is 1.00. The monoisotopic (exact) mass is 295 g/mol. The second-order valence-electron chi connectivity index (χ2n) is 8.72. The molecule has 2 unspecified atom stereocenters. The SMILES string of the molecule is CC1CCCC(CNC(C)(C)C)(OC2CCCCCC2)C1. The third-order valence-corrected chi connectivity index (χ3v) is 5.21. The van der Waals surface area contributed by atoms with Gasteiger partial charge in [-0.2, -0.15) is 0 Å². The number of nitrogens with one attached hydrogen (secondary N) is 1. The third-order valence-electron chi connectivity index (χ3n) is 5.21. The Kier molecular flexibility index (Phi) is 6.14. The summed E-state index contributed by atoms with van der Waals surface area (Å²) < 4.78 is 6.80. The van der Waals surface area contributed by atoms with E-state index in [-0.39, 0.29) is 11.1 Å². The Balaban J connectivity index is 1.99. The first-order valence-corrected chi connectivity index (χ1v) is 9.31. The first-order chi connectivity index (χ1) is 9.89. The summed E-state index contributed by atoms with van der Waals surface area (Å²) in [5, 5.41) is 3.73. The van der Waals surface area contributed by atoms with Gasteiger partial charge in [0.15, 0.2) is 0 Å². The Morgan fingerprint density at radius 3 is 2.24 bits per heavy atom. The maximum atomic E-state index is 6.80. The molecule has 0 radical (unpaired) electrons. The maximum Gasteiger partial charge on any atom is 0.0812 e. The van der Waals surface area contributed by atoms with Crippen molar-refractivity contribution in [2.75, 3.05) is 6.54 Å².